The predicted molar refractivity (Wildman–Crippen MR) is 319 cm³/mol. The molecule has 0 radical (unpaired) electrons. The number of urea groups is 1. The molecule has 9 N–H and O–H groups in total. The number of benzene rings is 2. The van der Waals surface area contributed by atoms with E-state index in [0.717, 1.165) is 0 Å². The van der Waals surface area contributed by atoms with Crippen molar-refractivity contribution in [2.24, 2.45) is 35.3 Å². The van der Waals surface area contributed by atoms with Gasteiger partial charge in [-0.2, -0.15) is 0 Å². The minimum Gasteiger partial charge on any atom is -0.445 e. The average molecular weight is 1170 g/mol. The summed E-state index contributed by atoms with van der Waals surface area (Å²) in [5.74, 6) is -3.99. The Bertz CT molecular complexity index is 2390. The van der Waals surface area contributed by atoms with E-state index in [4.69, 9.17) is 19.9 Å². The van der Waals surface area contributed by atoms with Crippen LogP contribution in [0.2, 0.25) is 0 Å². The number of amides is 9. The number of carbonyl (C=O) groups excluding carboxylic acids is 8. The van der Waals surface area contributed by atoms with E-state index in [1.807, 2.05) is 73.6 Å². The maximum absolute atomic E-state index is 14.8. The Morgan fingerprint density at radius 3 is 1.92 bits per heavy atom. The van der Waals surface area contributed by atoms with Crippen LogP contribution in [0.3, 0.4) is 0 Å². The van der Waals surface area contributed by atoms with Crippen molar-refractivity contribution in [2.75, 3.05) is 46.7 Å². The van der Waals surface area contributed by atoms with Gasteiger partial charge in [-0.3, -0.25) is 33.7 Å². The van der Waals surface area contributed by atoms with Crippen LogP contribution in [0.1, 0.15) is 139 Å². The molecule has 0 saturated carbocycles. The number of nitrogens with one attached hydrogen (secondary N) is 6. The highest BCUT2D eigenvalue weighted by Gasteiger charge is 2.44. The van der Waals surface area contributed by atoms with Crippen LogP contribution < -0.4 is 37.6 Å². The number of carbonyl (C=O) groups is 8. The smallest absolute Gasteiger partial charge is 0.410 e. The number of primary amides is 1. The van der Waals surface area contributed by atoms with Crippen LogP contribution in [-0.4, -0.2) is 169 Å². The van der Waals surface area contributed by atoms with Crippen LogP contribution >= 0.6 is 0 Å². The molecule has 83 heavy (non-hydrogen) atoms. The molecule has 466 valence electrons. The van der Waals surface area contributed by atoms with Gasteiger partial charge in [0.05, 0.1) is 54.8 Å². The molecular formula is C61H100N10O12. The maximum atomic E-state index is 14.8. The van der Waals surface area contributed by atoms with E-state index in [1.54, 1.807) is 80.9 Å². The van der Waals surface area contributed by atoms with Crippen molar-refractivity contribution in [3.8, 4) is 0 Å². The molecule has 12 atom stereocenters. The quantitative estimate of drug-likeness (QED) is 0.0412. The zero-order chi connectivity index (χ0) is 62.4. The van der Waals surface area contributed by atoms with E-state index in [2.05, 4.69) is 31.9 Å². The molecule has 1 heterocycles. The Hall–Kier alpha value is -6.36. The Morgan fingerprint density at radius 1 is 0.747 bits per heavy atom. The fraction of sp³-hybridized carbons (Fsp3) is 0.672. The molecule has 0 unspecified atom stereocenters. The summed E-state index contributed by atoms with van der Waals surface area (Å²) in [7, 11) is 6.14. The first-order valence-corrected chi connectivity index (χ1v) is 29.4. The van der Waals surface area contributed by atoms with E-state index in [0.29, 0.717) is 49.0 Å². The Labute approximate surface area is 493 Å². The monoisotopic (exact) mass is 1160 g/mol. The van der Waals surface area contributed by atoms with Crippen molar-refractivity contribution in [2.45, 2.75) is 195 Å². The summed E-state index contributed by atoms with van der Waals surface area (Å²) in [6.07, 6.45) is -0.673. The molecule has 2 aromatic rings. The molecule has 1 aliphatic rings. The van der Waals surface area contributed by atoms with Gasteiger partial charge in [-0.15, -0.1) is 0 Å². The third-order valence-corrected chi connectivity index (χ3v) is 15.7. The number of hydrogen-bond donors (Lipinski definition) is 8. The highest BCUT2D eigenvalue weighted by atomic mass is 16.6. The van der Waals surface area contributed by atoms with E-state index in [-0.39, 0.29) is 61.6 Å². The highest BCUT2D eigenvalue weighted by Crippen LogP contribution is 2.30. The number of ether oxygens (including phenoxy) is 3. The van der Waals surface area contributed by atoms with Crippen molar-refractivity contribution in [1.29, 1.82) is 0 Å². The second kappa shape index (κ2) is 34.4. The number of rotatable bonds is 33. The van der Waals surface area contributed by atoms with Gasteiger partial charge in [0.1, 0.15) is 24.7 Å². The van der Waals surface area contributed by atoms with Crippen LogP contribution in [0.4, 0.5) is 15.3 Å². The first-order valence-electron chi connectivity index (χ1n) is 29.4. The Kier molecular flexibility index (Phi) is 29.4. The fourth-order valence-electron chi connectivity index (χ4n) is 10.8. The van der Waals surface area contributed by atoms with Crippen LogP contribution in [-0.2, 0) is 49.6 Å². The van der Waals surface area contributed by atoms with E-state index in [1.165, 1.54) is 26.2 Å². The third-order valence-electron chi connectivity index (χ3n) is 15.7. The van der Waals surface area contributed by atoms with Gasteiger partial charge < -0.3 is 66.8 Å². The summed E-state index contributed by atoms with van der Waals surface area (Å²) < 4.78 is 17.7. The van der Waals surface area contributed by atoms with E-state index < -0.39 is 108 Å². The van der Waals surface area contributed by atoms with E-state index in [9.17, 15) is 43.5 Å². The normalized spacial score (nSPS) is 17.5. The minimum atomic E-state index is -1.05. The van der Waals surface area contributed by atoms with Crippen LogP contribution in [0, 0.1) is 29.6 Å². The highest BCUT2D eigenvalue weighted by molar-refractivity contribution is 5.98. The topological polar surface area (TPSA) is 292 Å². The van der Waals surface area contributed by atoms with Gasteiger partial charge in [-0.05, 0) is 79.5 Å². The summed E-state index contributed by atoms with van der Waals surface area (Å²) >= 11 is 0. The van der Waals surface area contributed by atoms with Gasteiger partial charge in [0.25, 0.3) is 0 Å². The van der Waals surface area contributed by atoms with Gasteiger partial charge in [0.2, 0.25) is 35.4 Å². The SMILES string of the molecule is CC[C@H](C)[C@H]([C@@H](CC(=O)N1CCC[C@H]1[C@H](OC)[C@@H](C)C(=O)N[C@H](C)[C@@H](O)c1ccccc1)OC)N(C)C(=O)[C@@H](NC(=O)[C@H](C(C)C)N(C)C(=O)OCc1ccc(NC(=O)[C@H](CCCNC(N)=O)NC(=O)[C@@H](NC(C)C)C(C)C)cc1)C(C)C. The molecule has 1 aliphatic heterocycles. The lowest BCUT2D eigenvalue weighted by Crippen LogP contribution is -2.60. The number of anilines is 1. The lowest BCUT2D eigenvalue weighted by atomic mass is 9.89. The zero-order valence-corrected chi connectivity index (χ0v) is 52.2. The van der Waals surface area contributed by atoms with Crippen LogP contribution in [0.15, 0.2) is 54.6 Å². The number of nitrogens with zero attached hydrogens (tertiary/aromatic N) is 3. The number of aliphatic hydroxyl groups is 1. The number of nitrogens with two attached hydrogens (primary N) is 1. The molecule has 0 aliphatic carbocycles. The standard InChI is InChI=1S/C61H100N10O12/c1-17-39(10)52(47(81-15)33-48(72)71-32-22-26-46(71)54(82-16)40(11)55(74)65-41(12)53(73)43-23-19-18-20-24-43)69(13)59(78)50(36(4)5)68-58(77)51(37(6)7)70(14)61(80)83-34-42-27-29-44(30-28-42)66-56(75)45(25-21-31-63-60(62)79)67-57(76)49(35(2)3)64-38(8)9/h18-20,23-24,27-30,35-41,45-47,49-54,64,73H,17,21-22,25-26,31-34H2,1-16H3,(H,65,74)(H,66,75)(H,67,76)(H,68,77)(H3,62,63,79)/t39-,40+,41+,45-,46-,47+,49-,50-,51-,52+,53+,54+/m0/s1. The summed E-state index contributed by atoms with van der Waals surface area (Å²) in [6.45, 7) is 22.8. The number of aliphatic hydroxyl groups excluding tert-OH is 1. The second-order valence-electron chi connectivity index (χ2n) is 23.6. The molecule has 0 bridgehead atoms. The van der Waals surface area contributed by atoms with Gasteiger partial charge in [0.15, 0.2) is 0 Å². The number of likely N-dealkylation sites (N-methyl/N-ethyl adjacent to an activating group) is 2. The molecule has 9 amide bonds. The summed E-state index contributed by atoms with van der Waals surface area (Å²) in [4.78, 5) is 114. The first-order chi connectivity index (χ1) is 39.1. The van der Waals surface area contributed by atoms with E-state index >= 15 is 0 Å². The minimum absolute atomic E-state index is 0.0193. The lowest BCUT2D eigenvalue weighted by molar-refractivity contribution is -0.148. The van der Waals surface area contributed by atoms with Crippen LogP contribution in [0.25, 0.3) is 0 Å². The predicted octanol–water partition coefficient (Wildman–Crippen LogP) is 5.47. The molecule has 3 rings (SSSR count). The third kappa shape index (κ3) is 21.0. The van der Waals surface area contributed by atoms with Crippen molar-refractivity contribution < 1.29 is 57.7 Å². The molecule has 22 heteroatoms. The molecule has 22 nitrogen and oxygen atoms in total. The lowest BCUT2D eigenvalue weighted by Gasteiger charge is -2.41. The summed E-state index contributed by atoms with van der Waals surface area (Å²) in [5, 5.41) is 28.3. The average Bonchev–Trinajstić information content (AvgIpc) is 4.01. The number of methoxy groups -OCH3 is 2. The van der Waals surface area contributed by atoms with Crippen molar-refractivity contribution in [3.05, 3.63) is 65.7 Å². The zero-order valence-electron chi connectivity index (χ0n) is 52.2. The molecule has 0 spiro atoms. The van der Waals surface area contributed by atoms with Gasteiger partial charge >= 0.3 is 12.1 Å². The fourth-order valence-corrected chi connectivity index (χ4v) is 10.8. The largest absolute Gasteiger partial charge is 0.445 e. The summed E-state index contributed by atoms with van der Waals surface area (Å²) in [6, 6.07) is 9.83. The van der Waals surface area contributed by atoms with Crippen molar-refractivity contribution >= 4 is 53.3 Å². The number of likely N-dealkylation sites (tertiary alicyclic amines) is 1. The molecule has 1 fully saturated rings. The molecular weight excluding hydrogens is 1060 g/mol. The van der Waals surface area contributed by atoms with Gasteiger partial charge in [-0.25, -0.2) is 9.59 Å². The van der Waals surface area contributed by atoms with Gasteiger partial charge in [-0.1, -0.05) is 125 Å². The maximum Gasteiger partial charge on any atom is 0.410 e. The van der Waals surface area contributed by atoms with Gasteiger partial charge in [0, 0.05) is 53.1 Å². The Morgan fingerprint density at radius 2 is 1.37 bits per heavy atom. The first kappa shape index (κ1) is 70.9. The molecule has 1 saturated heterocycles. The van der Waals surface area contributed by atoms with Crippen molar-refractivity contribution in [1.82, 2.24) is 41.3 Å². The number of hydrogen-bond acceptors (Lipinski definition) is 13. The summed E-state index contributed by atoms with van der Waals surface area (Å²) in [5.41, 5.74) is 6.89. The molecule has 2 aromatic carbocycles. The second-order valence-corrected chi connectivity index (χ2v) is 23.6. The van der Waals surface area contributed by atoms with Crippen LogP contribution in [0.5, 0.6) is 0 Å². The van der Waals surface area contributed by atoms with Crippen molar-refractivity contribution in [3.63, 3.8) is 0 Å². The molecule has 0 aromatic heterocycles. The Balaban J connectivity index is 1.71.